The zero-order valence-electron chi connectivity index (χ0n) is 38.9. The molecule has 34 heteroatoms. The van der Waals surface area contributed by atoms with E-state index in [0.717, 1.165) is 22.9 Å². The van der Waals surface area contributed by atoms with Crippen LogP contribution in [0.2, 0.25) is 10.0 Å². The highest BCUT2D eigenvalue weighted by molar-refractivity contribution is 7.66. The monoisotopic (exact) mass is 1170 g/mol. The number of halogens is 2. The molecule has 0 saturated carbocycles. The molecule has 9 N–H and O–H groups in total. The van der Waals surface area contributed by atoms with E-state index < -0.39 is 118 Å². The number of carboxylic acids is 1. The first kappa shape index (κ1) is 57.9. The topological polar surface area (TPSA) is 432 Å². The summed E-state index contributed by atoms with van der Waals surface area (Å²) < 4.78 is 74.7. The maximum Gasteiger partial charge on any atom is 0.490 e. The van der Waals surface area contributed by atoms with Crippen LogP contribution in [0.1, 0.15) is 50.1 Å². The molecular formula is C43H37Cl2N4O25P3. The molecule has 0 bridgehead atoms. The first-order chi connectivity index (χ1) is 36.1. The van der Waals surface area contributed by atoms with Gasteiger partial charge >= 0.3 is 35.1 Å². The molecule has 2 aliphatic heterocycles. The van der Waals surface area contributed by atoms with Crippen molar-refractivity contribution in [1.82, 2.24) is 14.9 Å². The summed E-state index contributed by atoms with van der Waals surface area (Å²) in [5.74, 6) is 1.99. The Bertz CT molecular complexity index is 3760. The number of H-pyrrole nitrogens is 1. The molecule has 3 aromatic carbocycles. The van der Waals surface area contributed by atoms with Gasteiger partial charge < -0.3 is 63.6 Å². The lowest BCUT2D eigenvalue weighted by atomic mass is 9.89. The van der Waals surface area contributed by atoms with Gasteiger partial charge in [-0.3, -0.25) is 38.6 Å². The van der Waals surface area contributed by atoms with Gasteiger partial charge in [-0.05, 0) is 48.0 Å². The van der Waals surface area contributed by atoms with Gasteiger partial charge in [0.05, 0.1) is 68.3 Å². The van der Waals surface area contributed by atoms with Crippen molar-refractivity contribution >= 4 is 75.2 Å². The number of methoxy groups -OCH3 is 2. The number of aliphatic hydroxyl groups is 1. The Morgan fingerprint density at radius 2 is 1.64 bits per heavy atom. The number of nitrogens with one attached hydrogen (secondary N) is 2. The number of phenolic OH excluding ortho intramolecular Hbond substituents is 1. The second-order valence-electron chi connectivity index (χ2n) is 16.0. The van der Waals surface area contributed by atoms with Gasteiger partial charge in [0.15, 0.2) is 28.6 Å². The number of carboxylic acid groups (broad SMARTS) is 1. The molecule has 77 heavy (non-hydrogen) atoms. The molecule has 3 aliphatic rings. The summed E-state index contributed by atoms with van der Waals surface area (Å²) >= 11 is 12.9. The van der Waals surface area contributed by atoms with Crippen LogP contribution < -0.4 is 31.5 Å². The third kappa shape index (κ3) is 13.1. The number of benzene rings is 4. The van der Waals surface area contributed by atoms with Gasteiger partial charge in [0.25, 0.3) is 17.2 Å². The number of nitrogens with zero attached hydrogens (tertiary/aromatic N) is 2. The highest BCUT2D eigenvalue weighted by Gasteiger charge is 2.43. The molecule has 4 aromatic rings. The number of nitro benzene ring substituents is 1. The Hall–Kier alpha value is -6.80. The molecule has 1 aliphatic carbocycles. The number of phosphoric acid groups is 3. The van der Waals surface area contributed by atoms with Crippen LogP contribution in [0.15, 0.2) is 73.5 Å². The summed E-state index contributed by atoms with van der Waals surface area (Å²) in [4.78, 5) is 115. The van der Waals surface area contributed by atoms with E-state index in [2.05, 4.69) is 30.3 Å². The number of phenols is 1. The number of aromatic hydroxyl groups is 1. The maximum atomic E-state index is 13.6. The third-order valence-electron chi connectivity index (χ3n) is 11.0. The van der Waals surface area contributed by atoms with Crippen molar-refractivity contribution in [3.05, 3.63) is 134 Å². The van der Waals surface area contributed by atoms with Crippen LogP contribution in [0.5, 0.6) is 17.2 Å². The van der Waals surface area contributed by atoms with Gasteiger partial charge in [0, 0.05) is 46.3 Å². The van der Waals surface area contributed by atoms with Gasteiger partial charge in [-0.15, -0.1) is 0 Å². The zero-order chi connectivity index (χ0) is 56.5. The minimum absolute atomic E-state index is 0.0136. The fraction of sp³-hybridized carbons (Fsp3) is 0.233. The Labute approximate surface area is 438 Å². The van der Waals surface area contributed by atoms with Crippen molar-refractivity contribution in [1.29, 1.82) is 0 Å². The van der Waals surface area contributed by atoms with Crippen molar-refractivity contribution in [2.24, 2.45) is 0 Å². The van der Waals surface area contributed by atoms with Crippen molar-refractivity contribution in [2.75, 3.05) is 27.4 Å². The van der Waals surface area contributed by atoms with Gasteiger partial charge in [-0.2, -0.15) is 8.62 Å². The first-order valence-corrected chi connectivity index (χ1v) is 26.6. The average molecular weight is 1170 g/mol. The van der Waals surface area contributed by atoms with Crippen LogP contribution >= 0.6 is 46.7 Å². The Balaban J connectivity index is 1.03. The van der Waals surface area contributed by atoms with E-state index >= 15 is 0 Å². The van der Waals surface area contributed by atoms with E-state index in [-0.39, 0.29) is 84.3 Å². The number of nitro groups is 1. The van der Waals surface area contributed by atoms with E-state index in [9.17, 15) is 72.9 Å². The Kier molecular flexibility index (Phi) is 17.3. The molecule has 5 atom stereocenters. The standard InChI is InChI=1S/C43H37Cl2N4O25P3/c1-67-29-12-25-33(26-13-30(68-2)37(52)35(45)39(26)72-38(25)34(44)36(29)51)24-11-20(7-8-23(24)42(55)56)40(53)46-9-3-4-19-5-6-21(27(10-19)49(58)59)16-69-17-22-15-48(43(57)47-41(22)54)32-14-28(50)31(71-32)18-70-76(63,64)74-77(65,66)73-75(60,61)62/h5-8,10-13,15,28,31-32,50-51H,9,14,16-18H2,1-2H3,(H,46,53)(H,55,56)(H,63,64)(H,65,66)(H,47,54,57)(H2,60,61,62)/t28?,31-,32-/m1/s1. The van der Waals surface area contributed by atoms with Crippen LogP contribution in [0.25, 0.3) is 33.4 Å². The minimum atomic E-state index is -5.85. The van der Waals surface area contributed by atoms with Crippen LogP contribution in [-0.2, 0) is 49.5 Å². The number of fused-ring (bicyclic) bond motifs is 2. The molecule has 29 nitrogen and oxygen atoms in total. The predicted molar refractivity (Wildman–Crippen MR) is 263 cm³/mol. The number of amides is 1. The number of aliphatic hydroxyl groups excluding tert-OH is 1. The lowest BCUT2D eigenvalue weighted by Gasteiger charge is -2.20. The number of hydrogen-bond acceptors (Lipinski definition) is 20. The largest absolute Gasteiger partial charge is 0.503 e. The molecule has 1 saturated heterocycles. The predicted octanol–water partition coefficient (Wildman–Crippen LogP) is 4.54. The summed E-state index contributed by atoms with van der Waals surface area (Å²) in [7, 11) is -14.7. The highest BCUT2D eigenvalue weighted by atomic mass is 35.5. The second-order valence-corrected chi connectivity index (χ2v) is 21.2. The second kappa shape index (κ2) is 23.0. The van der Waals surface area contributed by atoms with Crippen molar-refractivity contribution in [3.8, 4) is 51.5 Å². The lowest BCUT2D eigenvalue weighted by Crippen LogP contribution is -2.34. The van der Waals surface area contributed by atoms with Crippen LogP contribution in [0, 0.1) is 22.0 Å². The molecule has 0 radical (unpaired) electrons. The van der Waals surface area contributed by atoms with Crippen molar-refractivity contribution in [2.45, 2.75) is 38.1 Å². The maximum absolute atomic E-state index is 13.6. The molecule has 7 rings (SSSR count). The number of carbonyl (C=O) groups excluding carboxylic acids is 1. The van der Waals surface area contributed by atoms with Crippen LogP contribution in [0.4, 0.5) is 5.69 Å². The number of aromatic nitrogens is 2. The van der Waals surface area contributed by atoms with Gasteiger partial charge in [-0.25, -0.2) is 23.3 Å². The number of carbonyl (C=O) groups is 2. The SMILES string of the molecule is COc1cc2c(-c3cc(C(=O)NCC#Cc4ccc(COCc5cn([C@H]6CC(O)[C@@H](COP(=O)(O)OP(=O)(O)OP(=O)(O)O)O6)c(=O)[nH]c5=O)c([N+](=O)[O-])c4)ccc3C(=O)O)c3cc(OC)c(=O)c(Cl)c-3oc2c(Cl)c1O. The smallest absolute Gasteiger partial charge is 0.490 e. The van der Waals surface area contributed by atoms with E-state index in [1.165, 1.54) is 50.6 Å². The van der Waals surface area contributed by atoms with Gasteiger partial charge in [0.2, 0.25) is 5.43 Å². The van der Waals surface area contributed by atoms with E-state index in [1.54, 1.807) is 0 Å². The van der Waals surface area contributed by atoms with E-state index in [1.807, 2.05) is 4.98 Å². The normalized spacial score (nSPS) is 17.0. The Morgan fingerprint density at radius 3 is 2.30 bits per heavy atom. The summed E-state index contributed by atoms with van der Waals surface area (Å²) in [6, 6.07) is 9.98. The van der Waals surface area contributed by atoms with Gasteiger partial charge in [-0.1, -0.05) is 35.0 Å². The molecule has 1 fully saturated rings. The molecule has 3 heterocycles. The zero-order valence-corrected chi connectivity index (χ0v) is 43.1. The lowest BCUT2D eigenvalue weighted by molar-refractivity contribution is -0.386. The molecule has 1 aromatic heterocycles. The summed E-state index contributed by atoms with van der Waals surface area (Å²) in [5, 5.41) is 45.4. The van der Waals surface area contributed by atoms with Gasteiger partial charge in [0.1, 0.15) is 22.4 Å². The highest BCUT2D eigenvalue weighted by Crippen LogP contribution is 2.66. The number of hydrogen-bond donors (Lipinski definition) is 9. The Morgan fingerprint density at radius 1 is 0.935 bits per heavy atom. The minimum Gasteiger partial charge on any atom is -0.503 e. The van der Waals surface area contributed by atoms with Crippen LogP contribution in [0.3, 0.4) is 0 Å². The molecule has 0 spiro atoms. The molecule has 408 valence electrons. The number of aromatic carboxylic acids is 1. The van der Waals surface area contributed by atoms with E-state index in [4.69, 9.17) is 56.4 Å². The fourth-order valence-corrected chi connectivity index (χ4v) is 11.1. The summed E-state index contributed by atoms with van der Waals surface area (Å²) in [6.07, 6.45) is -3.83. The summed E-state index contributed by atoms with van der Waals surface area (Å²) in [6.45, 7) is -2.39. The fourth-order valence-electron chi connectivity index (χ4n) is 7.61. The third-order valence-corrected chi connectivity index (χ3v) is 15.5. The van der Waals surface area contributed by atoms with Crippen molar-refractivity contribution < 1.29 is 99.6 Å². The molecular weight excluding hydrogens is 1140 g/mol. The first-order valence-electron chi connectivity index (χ1n) is 21.3. The number of rotatable bonds is 19. The number of aromatic amines is 1. The molecule has 3 unspecified atom stereocenters. The van der Waals surface area contributed by atoms with Crippen molar-refractivity contribution in [3.63, 3.8) is 0 Å². The quantitative estimate of drug-likeness (QED) is 0.0177. The average Bonchev–Trinajstić information content (AvgIpc) is 3.77. The molecule has 1 amide bonds. The van der Waals surface area contributed by atoms with Crippen LogP contribution in [-0.4, -0.2) is 101 Å². The number of ether oxygens (including phenoxy) is 4. The van der Waals surface area contributed by atoms with E-state index in [0.29, 0.717) is 0 Å². The number of phosphoric ester groups is 1. The summed E-state index contributed by atoms with van der Waals surface area (Å²) in [5.41, 5.74) is -3.94.